The second-order valence-electron chi connectivity index (χ2n) is 28.6. The van der Waals surface area contributed by atoms with E-state index in [0.29, 0.717) is 0 Å². The third-order valence-corrected chi connectivity index (χ3v) is 22.5. The van der Waals surface area contributed by atoms with Gasteiger partial charge in [-0.2, -0.15) is 0 Å². The number of benzene rings is 18. The molecule has 0 amide bonds. The lowest BCUT2D eigenvalue weighted by atomic mass is 9.92. The zero-order chi connectivity index (χ0) is 72.3. The zero-order valence-corrected chi connectivity index (χ0v) is 59.7. The molecule has 18 aromatic carbocycles. The summed E-state index contributed by atoms with van der Waals surface area (Å²) in [6.45, 7) is 0. The van der Waals surface area contributed by atoms with Crippen molar-refractivity contribution in [3.63, 3.8) is 0 Å². The van der Waals surface area contributed by atoms with Crippen LogP contribution in [0.15, 0.2) is 409 Å². The van der Waals surface area contributed by atoms with Crippen LogP contribution < -0.4 is 9.80 Å². The van der Waals surface area contributed by atoms with Crippen molar-refractivity contribution in [3.05, 3.63) is 400 Å². The van der Waals surface area contributed by atoms with E-state index in [1.54, 1.807) is 0 Å². The Morgan fingerprint density at radius 1 is 0.191 bits per heavy atom. The van der Waals surface area contributed by atoms with Gasteiger partial charge in [-0.25, -0.2) is 0 Å². The van der Waals surface area contributed by atoms with Crippen molar-refractivity contribution in [2.75, 3.05) is 9.80 Å². The summed E-state index contributed by atoms with van der Waals surface area (Å²) < 4.78 is 18.3. The Morgan fingerprint density at radius 3 is 1.11 bits per heavy atom. The molecule has 0 radical (unpaired) electrons. The molecular formula is C104H66N4O2. The first kappa shape index (κ1) is 62.6. The van der Waals surface area contributed by atoms with Crippen molar-refractivity contribution in [1.29, 1.82) is 0 Å². The van der Waals surface area contributed by atoms with E-state index in [4.69, 9.17) is 8.83 Å². The Kier molecular flexibility index (Phi) is 14.5. The summed E-state index contributed by atoms with van der Waals surface area (Å²) in [5.74, 6) is 0. The maximum Gasteiger partial charge on any atom is 0.136 e. The van der Waals surface area contributed by atoms with E-state index in [9.17, 15) is 0 Å². The second kappa shape index (κ2) is 25.5. The van der Waals surface area contributed by atoms with Gasteiger partial charge in [-0.1, -0.05) is 267 Å². The molecule has 22 rings (SSSR count). The van der Waals surface area contributed by atoms with Gasteiger partial charge in [-0.05, 0) is 200 Å². The summed E-state index contributed by atoms with van der Waals surface area (Å²) in [5.41, 5.74) is 27.7. The molecule has 4 aromatic heterocycles. The Morgan fingerprint density at radius 2 is 0.545 bits per heavy atom. The van der Waals surface area contributed by atoms with Crippen LogP contribution in [0.25, 0.3) is 176 Å². The maximum absolute atomic E-state index is 7.04. The summed E-state index contributed by atoms with van der Waals surface area (Å²) in [6.07, 6.45) is 0. The highest BCUT2D eigenvalue weighted by atomic mass is 16.3. The van der Waals surface area contributed by atoms with E-state index in [0.717, 1.165) is 161 Å². The number of rotatable bonds is 13. The predicted octanol–water partition coefficient (Wildman–Crippen LogP) is 29.3. The van der Waals surface area contributed by atoms with Gasteiger partial charge in [0.15, 0.2) is 0 Å². The number of hydrogen-bond donors (Lipinski definition) is 0. The van der Waals surface area contributed by atoms with E-state index < -0.39 is 0 Å². The molecule has 0 N–H and O–H groups in total. The van der Waals surface area contributed by atoms with Gasteiger partial charge in [0.1, 0.15) is 22.3 Å². The topological polar surface area (TPSA) is 42.6 Å². The minimum absolute atomic E-state index is 0.828. The van der Waals surface area contributed by atoms with Crippen LogP contribution in [-0.2, 0) is 0 Å². The van der Waals surface area contributed by atoms with Gasteiger partial charge in [0.2, 0.25) is 0 Å². The molecule has 0 saturated heterocycles. The lowest BCUT2D eigenvalue weighted by Crippen LogP contribution is -2.12. The molecule has 0 aliphatic heterocycles. The van der Waals surface area contributed by atoms with E-state index in [-0.39, 0.29) is 0 Å². The van der Waals surface area contributed by atoms with Gasteiger partial charge in [0.25, 0.3) is 0 Å². The smallest absolute Gasteiger partial charge is 0.136 e. The van der Waals surface area contributed by atoms with Gasteiger partial charge in [0.05, 0.1) is 33.4 Å². The van der Waals surface area contributed by atoms with Crippen LogP contribution >= 0.6 is 0 Å². The molecule has 0 unspecified atom stereocenters. The first-order valence-electron chi connectivity index (χ1n) is 37.6. The van der Waals surface area contributed by atoms with Crippen molar-refractivity contribution in [3.8, 4) is 67.0 Å². The van der Waals surface area contributed by atoms with Crippen LogP contribution in [0.3, 0.4) is 0 Å². The number of anilines is 6. The molecular weight excluding hydrogens is 1340 g/mol. The zero-order valence-electron chi connectivity index (χ0n) is 59.7. The number of nitrogens with zero attached hydrogens (tertiary/aromatic N) is 4. The van der Waals surface area contributed by atoms with E-state index in [2.05, 4.69) is 413 Å². The van der Waals surface area contributed by atoms with Crippen LogP contribution in [-0.4, -0.2) is 9.13 Å². The lowest BCUT2D eigenvalue weighted by molar-refractivity contribution is 0.668. The molecule has 0 atom stereocenters. The summed E-state index contributed by atoms with van der Waals surface area (Å²) in [6, 6.07) is 145. The molecule has 0 bridgehead atoms. The Balaban J connectivity index is 0.634. The Labute approximate surface area is 634 Å². The van der Waals surface area contributed by atoms with Crippen molar-refractivity contribution < 1.29 is 8.83 Å². The molecule has 6 heteroatoms. The number of hydrogen-bond acceptors (Lipinski definition) is 4. The largest absolute Gasteiger partial charge is 0.456 e. The molecule has 110 heavy (non-hydrogen) atoms. The van der Waals surface area contributed by atoms with E-state index >= 15 is 0 Å². The fourth-order valence-electron chi connectivity index (χ4n) is 17.7. The molecule has 6 nitrogen and oxygen atoms in total. The summed E-state index contributed by atoms with van der Waals surface area (Å²) in [7, 11) is 0. The van der Waals surface area contributed by atoms with E-state index in [1.807, 2.05) is 6.07 Å². The lowest BCUT2D eigenvalue weighted by Gasteiger charge is -2.29. The molecule has 0 fully saturated rings. The van der Waals surface area contributed by atoms with Crippen LogP contribution in [0.5, 0.6) is 0 Å². The van der Waals surface area contributed by atoms with Gasteiger partial charge >= 0.3 is 0 Å². The van der Waals surface area contributed by atoms with Gasteiger partial charge in [0, 0.05) is 88.3 Å². The van der Waals surface area contributed by atoms with Crippen LogP contribution in [0.2, 0.25) is 0 Å². The fourth-order valence-corrected chi connectivity index (χ4v) is 17.7. The Bertz CT molecular complexity index is 7310. The number of aromatic nitrogens is 2. The molecule has 0 spiro atoms. The van der Waals surface area contributed by atoms with Gasteiger partial charge < -0.3 is 27.8 Å². The van der Waals surface area contributed by atoms with Crippen molar-refractivity contribution in [2.45, 2.75) is 0 Å². The molecule has 514 valence electrons. The third kappa shape index (κ3) is 10.1. The van der Waals surface area contributed by atoms with Crippen LogP contribution in [0.1, 0.15) is 0 Å². The maximum atomic E-state index is 7.04. The molecule has 0 saturated carbocycles. The number of furan rings is 2. The van der Waals surface area contributed by atoms with Gasteiger partial charge in [-0.15, -0.1) is 0 Å². The third-order valence-electron chi connectivity index (χ3n) is 22.5. The predicted molar refractivity (Wildman–Crippen MR) is 461 cm³/mol. The SMILES string of the molecule is c1cc(N(c2ccc(-c3cccc4c(-c5ccc6c(c5)oc5cccc(-c7ccccc7N(c7ccc(-c8cccc9ccccc89)cc7)c7ccc(-n8c9ccccc9c9ccccc98)cc7)c56)cccc34)cc2)c2ccccc2-c2cccc3oc4ccccc4c23)cc(-n2c3ccccc3c3ccccc32)c1. The normalized spacial score (nSPS) is 11.8. The average Bonchev–Trinajstić information content (AvgIpc) is 1.59. The van der Waals surface area contributed by atoms with Crippen molar-refractivity contribution in [2.24, 2.45) is 0 Å². The summed E-state index contributed by atoms with van der Waals surface area (Å²) >= 11 is 0. The van der Waals surface area contributed by atoms with Crippen LogP contribution in [0.4, 0.5) is 34.1 Å². The quantitative estimate of drug-likeness (QED) is 0.115. The Hall–Kier alpha value is -14.7. The first-order chi connectivity index (χ1) is 54.6. The minimum atomic E-state index is 0.828. The van der Waals surface area contributed by atoms with E-state index in [1.165, 1.54) is 48.9 Å². The molecule has 0 aliphatic carbocycles. The highest BCUT2D eigenvalue weighted by Gasteiger charge is 2.26. The van der Waals surface area contributed by atoms with Crippen molar-refractivity contribution >= 4 is 143 Å². The molecule has 22 aromatic rings. The fraction of sp³-hybridized carbons (Fsp3) is 0. The average molecular weight is 1400 g/mol. The first-order valence-corrected chi connectivity index (χ1v) is 37.6. The minimum Gasteiger partial charge on any atom is -0.456 e. The molecule has 4 heterocycles. The second-order valence-corrected chi connectivity index (χ2v) is 28.6. The van der Waals surface area contributed by atoms with Crippen molar-refractivity contribution in [1.82, 2.24) is 9.13 Å². The number of para-hydroxylation sites is 7. The molecule has 0 aliphatic rings. The summed E-state index contributed by atoms with van der Waals surface area (Å²) in [5, 5.41) is 14.0. The van der Waals surface area contributed by atoms with Gasteiger partial charge in [-0.3, -0.25) is 0 Å². The highest BCUT2D eigenvalue weighted by molar-refractivity contribution is 6.17. The highest BCUT2D eigenvalue weighted by Crippen LogP contribution is 2.50. The standard InChI is InChI=1S/C104H66N4O2/c1-2-27-77-67(23-1)24-17-35-78(77)68-51-56-71(57-52-68)105(73-60-62-74(63-61-73)107-95-44-12-3-28-83(95)84-29-4-13-45-96(84)107)93-42-10-7-32-87(93)90-41-22-50-101-104(90)92-64-55-70(65-102(92)110-101)80-37-20-38-81-79(36-19-39-82(80)81)69-53-58-72(59-54-69)106(75-25-18-26-76(66-75)108-97-46-14-5-30-85(97)86-31-6-15-47-98(86)108)94-43-11-8-33-88(94)89-40-21-49-100-103(89)91-34-9-16-48-99(91)109-100/h1-66H. The van der Waals surface area contributed by atoms with Crippen LogP contribution in [0, 0.1) is 0 Å². The number of fused-ring (bicyclic) bond motifs is 14. The summed E-state index contributed by atoms with van der Waals surface area (Å²) in [4.78, 5) is 4.83. The monoisotopic (exact) mass is 1400 g/mol.